The van der Waals surface area contributed by atoms with Gasteiger partial charge in [0.05, 0.1) is 11.9 Å². The molecule has 0 aliphatic carbocycles. The molecule has 0 aromatic rings. The zero-order valence-electron chi connectivity index (χ0n) is 8.84. The van der Waals surface area contributed by atoms with Crippen LogP contribution in [-0.2, 0) is 4.74 Å². The van der Waals surface area contributed by atoms with Gasteiger partial charge in [-0.1, -0.05) is 11.8 Å². The van der Waals surface area contributed by atoms with E-state index in [1.807, 2.05) is 6.92 Å². The summed E-state index contributed by atoms with van der Waals surface area (Å²) < 4.78 is 5.60. The van der Waals surface area contributed by atoms with E-state index in [1.165, 1.54) is 11.8 Å². The Balaban J connectivity index is 2.10. The molecule has 5 atom stereocenters. The van der Waals surface area contributed by atoms with Crippen LogP contribution in [0.15, 0.2) is 4.99 Å². The van der Waals surface area contributed by atoms with Crippen molar-refractivity contribution in [2.24, 2.45) is 4.99 Å². The van der Waals surface area contributed by atoms with E-state index < -0.39 is 18.3 Å². The van der Waals surface area contributed by atoms with Crippen molar-refractivity contribution in [3.63, 3.8) is 0 Å². The fraction of sp³-hybridized carbons (Fsp3) is 0.889. The number of nitrogens with one attached hydrogen (secondary N) is 1. The lowest BCUT2D eigenvalue weighted by Crippen LogP contribution is -2.59. The van der Waals surface area contributed by atoms with E-state index in [0.29, 0.717) is 6.54 Å². The third-order valence-electron chi connectivity index (χ3n) is 2.67. The lowest BCUT2D eigenvalue weighted by Gasteiger charge is -2.38. The summed E-state index contributed by atoms with van der Waals surface area (Å²) in [7, 11) is 0. The molecule has 16 heavy (non-hydrogen) atoms. The summed E-state index contributed by atoms with van der Waals surface area (Å²) in [6.45, 7) is 2.61. The third kappa shape index (κ3) is 2.17. The van der Waals surface area contributed by atoms with Crippen molar-refractivity contribution in [1.82, 2.24) is 5.32 Å². The van der Waals surface area contributed by atoms with Crippen LogP contribution >= 0.6 is 23.4 Å². The van der Waals surface area contributed by atoms with Crippen LogP contribution in [0.3, 0.4) is 0 Å². The van der Waals surface area contributed by atoms with Crippen molar-refractivity contribution in [2.75, 3.05) is 12.4 Å². The van der Waals surface area contributed by atoms with E-state index >= 15 is 0 Å². The molecule has 2 saturated heterocycles. The van der Waals surface area contributed by atoms with Crippen molar-refractivity contribution in [2.45, 2.75) is 36.7 Å². The normalized spacial score (nSPS) is 45.5. The molecule has 0 saturated carbocycles. The molecule has 2 fully saturated rings. The van der Waals surface area contributed by atoms with Crippen LogP contribution in [0, 0.1) is 0 Å². The summed E-state index contributed by atoms with van der Waals surface area (Å²) in [5, 5.41) is 23.5. The standard InChI is InChI=1S/C9H15ClN2O3S/c1-2-11-9-12-5-7(14)6(13)4(3-10)15-8(5)16-9/h4-8,13-14H,2-3H2,1H3,(H,11,12)/t4-,5-,6-,7-,8?/m1/s1. The molecule has 7 heteroatoms. The molecule has 3 N–H and O–H groups in total. The number of hydrogen-bond acceptors (Lipinski definition) is 5. The molecule has 0 spiro atoms. The minimum Gasteiger partial charge on any atom is -0.388 e. The average Bonchev–Trinajstić information content (AvgIpc) is 2.67. The predicted octanol–water partition coefficient (Wildman–Crippen LogP) is -0.247. The molecule has 2 rings (SSSR count). The minimum atomic E-state index is -0.951. The maximum absolute atomic E-state index is 9.92. The Kier molecular flexibility index (Phi) is 3.97. The number of hydrogen-bond donors (Lipinski definition) is 3. The summed E-state index contributed by atoms with van der Waals surface area (Å²) in [5.41, 5.74) is -0.229. The Morgan fingerprint density at radius 3 is 2.88 bits per heavy atom. The van der Waals surface area contributed by atoms with Gasteiger partial charge in [0, 0.05) is 6.54 Å². The molecule has 0 bridgehead atoms. The number of nitrogens with zero attached hydrogens (tertiary/aromatic N) is 1. The van der Waals surface area contributed by atoms with Gasteiger partial charge in [0.15, 0.2) is 5.17 Å². The summed E-state index contributed by atoms with van der Waals surface area (Å²) in [4.78, 5) is 4.22. The highest BCUT2D eigenvalue weighted by atomic mass is 35.5. The third-order valence-corrected chi connectivity index (χ3v) is 4.08. The van der Waals surface area contributed by atoms with Gasteiger partial charge in [-0.2, -0.15) is 0 Å². The first-order valence-corrected chi connectivity index (χ1v) is 6.64. The molecule has 0 radical (unpaired) electrons. The molecule has 0 aromatic heterocycles. The second kappa shape index (κ2) is 5.10. The quantitative estimate of drug-likeness (QED) is 0.601. The second-order valence-corrected chi connectivity index (χ2v) is 5.14. The van der Waals surface area contributed by atoms with Gasteiger partial charge >= 0.3 is 0 Å². The highest BCUT2D eigenvalue weighted by Crippen LogP contribution is 2.34. The van der Waals surface area contributed by atoms with Gasteiger partial charge in [-0.3, -0.25) is 4.99 Å². The van der Waals surface area contributed by atoms with Gasteiger partial charge < -0.3 is 20.3 Å². The smallest absolute Gasteiger partial charge is 0.159 e. The molecule has 0 aromatic carbocycles. The first-order valence-electron chi connectivity index (χ1n) is 5.22. The topological polar surface area (TPSA) is 74.1 Å². The molecular weight excluding hydrogens is 252 g/mol. The van der Waals surface area contributed by atoms with E-state index in [0.717, 1.165) is 5.17 Å². The van der Waals surface area contributed by atoms with Crippen molar-refractivity contribution in [3.05, 3.63) is 0 Å². The van der Waals surface area contributed by atoms with Crippen molar-refractivity contribution >= 4 is 28.5 Å². The van der Waals surface area contributed by atoms with Gasteiger partial charge in [-0.25, -0.2) is 0 Å². The fourth-order valence-electron chi connectivity index (χ4n) is 1.83. The van der Waals surface area contributed by atoms with Gasteiger partial charge in [0.2, 0.25) is 0 Å². The molecule has 2 heterocycles. The number of aliphatic hydroxyl groups excluding tert-OH is 2. The molecule has 2 aliphatic rings. The van der Waals surface area contributed by atoms with Crippen LogP contribution in [0.2, 0.25) is 0 Å². The van der Waals surface area contributed by atoms with Gasteiger partial charge in [-0.15, -0.1) is 11.6 Å². The highest BCUT2D eigenvalue weighted by Gasteiger charge is 2.48. The number of fused-ring (bicyclic) bond motifs is 1. The lowest BCUT2D eigenvalue weighted by atomic mass is 9.99. The zero-order valence-corrected chi connectivity index (χ0v) is 10.4. The summed E-state index contributed by atoms with van der Waals surface area (Å²) >= 11 is 7.10. The Labute approximate surface area is 103 Å². The van der Waals surface area contributed by atoms with Crippen LogP contribution in [-0.4, -0.2) is 57.6 Å². The van der Waals surface area contributed by atoms with Crippen LogP contribution in [0.5, 0.6) is 0 Å². The van der Waals surface area contributed by atoms with E-state index in [-0.39, 0.29) is 17.4 Å². The molecule has 92 valence electrons. The van der Waals surface area contributed by atoms with E-state index in [2.05, 4.69) is 10.3 Å². The first kappa shape index (κ1) is 12.4. The van der Waals surface area contributed by atoms with Crippen LogP contribution in [0.1, 0.15) is 6.92 Å². The van der Waals surface area contributed by atoms with Crippen molar-refractivity contribution in [3.8, 4) is 0 Å². The maximum Gasteiger partial charge on any atom is 0.159 e. The Bertz CT molecular complexity index is 292. The molecular formula is C9H15ClN2O3S. The number of ether oxygens (including phenoxy) is 1. The second-order valence-electron chi connectivity index (χ2n) is 3.75. The number of rotatable bonds is 2. The minimum absolute atomic E-state index is 0.169. The summed E-state index contributed by atoms with van der Waals surface area (Å²) in [6.07, 6.45) is -2.35. The van der Waals surface area contributed by atoms with Crippen molar-refractivity contribution in [1.29, 1.82) is 0 Å². The number of halogens is 1. The van der Waals surface area contributed by atoms with Gasteiger partial charge in [-0.05, 0) is 6.92 Å². The summed E-state index contributed by atoms with van der Waals surface area (Å²) in [6, 6.07) is -0.315. The van der Waals surface area contributed by atoms with Crippen LogP contribution in [0.4, 0.5) is 0 Å². The zero-order chi connectivity index (χ0) is 11.7. The molecule has 0 amide bonds. The Morgan fingerprint density at radius 1 is 1.50 bits per heavy atom. The molecule has 1 unspecified atom stereocenters. The number of amidine groups is 1. The molecule has 5 nitrogen and oxygen atoms in total. The predicted molar refractivity (Wildman–Crippen MR) is 63.9 cm³/mol. The SMILES string of the molecule is CCN=C1N[C@H]2C(O[C@H](CCl)[C@@H](O)[C@@H]2O)S1. The Hall–Kier alpha value is -0.0100. The average molecular weight is 267 g/mol. The number of aliphatic imine (C=N–C) groups is 1. The van der Waals surface area contributed by atoms with E-state index in [1.54, 1.807) is 0 Å². The Morgan fingerprint density at radius 2 is 2.25 bits per heavy atom. The van der Waals surface area contributed by atoms with E-state index in [4.69, 9.17) is 16.3 Å². The number of thioether (sulfide) groups is 1. The first-order chi connectivity index (χ1) is 7.67. The molecule has 2 aliphatic heterocycles. The summed E-state index contributed by atoms with van der Waals surface area (Å²) in [5.74, 6) is 0.169. The van der Waals surface area contributed by atoms with E-state index in [9.17, 15) is 10.2 Å². The van der Waals surface area contributed by atoms with Gasteiger partial charge in [0.25, 0.3) is 0 Å². The number of alkyl halides is 1. The largest absolute Gasteiger partial charge is 0.388 e. The maximum atomic E-state index is 9.92. The highest BCUT2D eigenvalue weighted by molar-refractivity contribution is 8.14. The lowest BCUT2D eigenvalue weighted by molar-refractivity contribution is -0.147. The number of aliphatic hydroxyl groups is 2. The fourth-order valence-corrected chi connectivity index (χ4v) is 3.28. The van der Waals surface area contributed by atoms with Crippen molar-refractivity contribution < 1.29 is 14.9 Å². The monoisotopic (exact) mass is 266 g/mol. The van der Waals surface area contributed by atoms with Crippen LogP contribution in [0.25, 0.3) is 0 Å². The van der Waals surface area contributed by atoms with Crippen LogP contribution < -0.4 is 5.32 Å². The van der Waals surface area contributed by atoms with Gasteiger partial charge in [0.1, 0.15) is 23.7 Å².